The molecule has 1 aliphatic heterocycles. The number of fused-ring (bicyclic) bond motifs is 1. The topological polar surface area (TPSA) is 192 Å². The predicted octanol–water partition coefficient (Wildman–Crippen LogP) is -0.844. The molecule has 1 aromatic rings. The zero-order chi connectivity index (χ0) is 27.7. The van der Waals surface area contributed by atoms with E-state index in [4.69, 9.17) is 11.5 Å². The van der Waals surface area contributed by atoms with E-state index in [1.807, 2.05) is 12.2 Å². The smallest absolute Gasteiger partial charge is 0.261 e. The fourth-order valence-electron chi connectivity index (χ4n) is 7.51. The number of pyridine rings is 1. The lowest BCUT2D eigenvalue weighted by molar-refractivity contribution is -0.173. The third-order valence-corrected chi connectivity index (χ3v) is 9.60. The van der Waals surface area contributed by atoms with Gasteiger partial charge in [-0.2, -0.15) is 0 Å². The number of carbonyl (C=O) groups excluding carboxylic acids is 3. The summed E-state index contributed by atoms with van der Waals surface area (Å²) in [6, 6.07) is 0.0114. The van der Waals surface area contributed by atoms with Crippen molar-refractivity contribution in [3.05, 3.63) is 56.5 Å². The molecule has 0 aromatic carbocycles. The molecule has 11 nitrogen and oxygen atoms in total. The number of aliphatic hydroxyl groups excluding tert-OH is 1. The molecule has 39 heavy (non-hydrogen) atoms. The summed E-state index contributed by atoms with van der Waals surface area (Å²) in [5, 5.41) is 25.5. The van der Waals surface area contributed by atoms with Gasteiger partial charge in [0.05, 0.1) is 18.1 Å². The highest BCUT2D eigenvalue weighted by Crippen LogP contribution is 2.61. The van der Waals surface area contributed by atoms with Gasteiger partial charge in [0.2, 0.25) is 11.8 Å². The highest BCUT2D eigenvalue weighted by atomic mass is 16.3. The molecule has 0 radical (unpaired) electrons. The minimum Gasteiger partial charge on any atom is -0.389 e. The predicted molar refractivity (Wildman–Crippen MR) is 140 cm³/mol. The number of piperidine rings is 1. The van der Waals surface area contributed by atoms with Crippen molar-refractivity contribution >= 4 is 17.7 Å². The Hall–Kier alpha value is -3.28. The van der Waals surface area contributed by atoms with E-state index in [2.05, 4.69) is 15.2 Å². The van der Waals surface area contributed by atoms with Crippen molar-refractivity contribution in [2.24, 2.45) is 22.8 Å². The second-order valence-electron chi connectivity index (χ2n) is 12.0. The summed E-state index contributed by atoms with van der Waals surface area (Å²) < 4.78 is 0. The number of likely N-dealkylation sites (tertiary alicyclic amines) is 1. The quantitative estimate of drug-likeness (QED) is 0.261. The standard InChI is InChI=1S/C28H35N5O6/c29-23(35)10-20(24(30)36)31-25(37)18-7-16-11-28(39)22-8-15-3-4-17(34)9-19(15)27(28,12-21(16)32-26(18)38)5-6-33(22)13-14-1-2-14/h3-4,7,14,17,20,22,34,39H,1-2,5-6,8-13H2,(H2,29,35)(H2,30,36)(H,31,37)(H,32,38)/t17?,20-,22+,27+,28+/m0/s1. The molecule has 1 aromatic heterocycles. The number of H-pyrrole nitrogens is 1. The van der Waals surface area contributed by atoms with Gasteiger partial charge in [-0.1, -0.05) is 17.7 Å². The third kappa shape index (κ3) is 4.23. The van der Waals surface area contributed by atoms with E-state index in [1.54, 1.807) is 0 Å². The molecular weight excluding hydrogens is 502 g/mol. The van der Waals surface area contributed by atoms with E-state index < -0.39 is 52.9 Å². The molecule has 1 saturated heterocycles. The Morgan fingerprint density at radius 2 is 1.97 bits per heavy atom. The fraction of sp³-hybridized carbons (Fsp3) is 0.571. The minimum atomic E-state index is -1.34. The van der Waals surface area contributed by atoms with Gasteiger partial charge in [0.1, 0.15) is 11.6 Å². The minimum absolute atomic E-state index is 0.127. The van der Waals surface area contributed by atoms with Crippen molar-refractivity contribution < 1.29 is 24.6 Å². The van der Waals surface area contributed by atoms with Crippen LogP contribution in [0.4, 0.5) is 0 Å². The molecule has 8 N–H and O–H groups in total. The lowest BCUT2D eigenvalue weighted by Crippen LogP contribution is -2.72. The molecule has 208 valence electrons. The van der Waals surface area contributed by atoms with Crippen LogP contribution >= 0.6 is 0 Å². The van der Waals surface area contributed by atoms with Crippen LogP contribution in [0.1, 0.15) is 60.1 Å². The molecule has 0 spiro atoms. The van der Waals surface area contributed by atoms with Gasteiger partial charge in [0.15, 0.2) is 0 Å². The van der Waals surface area contributed by atoms with E-state index in [0.717, 1.165) is 18.7 Å². The van der Waals surface area contributed by atoms with Gasteiger partial charge in [-0.25, -0.2) is 0 Å². The van der Waals surface area contributed by atoms with Crippen LogP contribution in [0.2, 0.25) is 0 Å². The molecule has 1 unspecified atom stereocenters. The third-order valence-electron chi connectivity index (χ3n) is 9.60. The summed E-state index contributed by atoms with van der Waals surface area (Å²) in [5.41, 5.74) is 11.4. The lowest BCUT2D eigenvalue weighted by Gasteiger charge is -2.64. The van der Waals surface area contributed by atoms with Crippen LogP contribution in [0.25, 0.3) is 0 Å². The molecule has 2 bridgehead atoms. The second-order valence-corrected chi connectivity index (χ2v) is 12.0. The molecule has 3 amide bonds. The highest BCUT2D eigenvalue weighted by Gasteiger charge is 2.65. The highest BCUT2D eigenvalue weighted by molar-refractivity contribution is 5.98. The average molecular weight is 538 g/mol. The van der Waals surface area contributed by atoms with Gasteiger partial charge in [-0.15, -0.1) is 0 Å². The Morgan fingerprint density at radius 1 is 1.21 bits per heavy atom. The van der Waals surface area contributed by atoms with Gasteiger partial charge in [-0.05, 0) is 61.8 Å². The Balaban J connectivity index is 1.39. The summed E-state index contributed by atoms with van der Waals surface area (Å²) in [7, 11) is 0. The van der Waals surface area contributed by atoms with Crippen molar-refractivity contribution in [3.63, 3.8) is 0 Å². The first-order valence-electron chi connectivity index (χ1n) is 13.7. The summed E-state index contributed by atoms with van der Waals surface area (Å²) in [4.78, 5) is 54.4. The number of aromatic amines is 1. The molecule has 5 atom stereocenters. The van der Waals surface area contributed by atoms with Gasteiger partial charge in [0.25, 0.3) is 11.5 Å². The number of nitrogens with one attached hydrogen (secondary N) is 2. The summed E-state index contributed by atoms with van der Waals surface area (Å²) in [5.74, 6) is -1.95. The largest absolute Gasteiger partial charge is 0.389 e. The van der Waals surface area contributed by atoms with E-state index in [0.29, 0.717) is 42.9 Å². The van der Waals surface area contributed by atoms with Gasteiger partial charge < -0.3 is 32.0 Å². The molecule has 6 rings (SSSR count). The van der Waals surface area contributed by atoms with Crippen LogP contribution in [0, 0.1) is 11.3 Å². The van der Waals surface area contributed by atoms with Gasteiger partial charge in [0, 0.05) is 36.5 Å². The van der Waals surface area contributed by atoms with Crippen molar-refractivity contribution in [2.45, 2.75) is 75.2 Å². The van der Waals surface area contributed by atoms with E-state index in [-0.39, 0.29) is 18.0 Å². The Morgan fingerprint density at radius 3 is 2.67 bits per heavy atom. The number of nitrogens with zero attached hydrogens (tertiary/aromatic N) is 1. The number of nitrogens with two attached hydrogens (primary N) is 2. The summed E-state index contributed by atoms with van der Waals surface area (Å²) in [6.45, 7) is 1.78. The first-order valence-corrected chi connectivity index (χ1v) is 13.7. The molecule has 2 fully saturated rings. The van der Waals surface area contributed by atoms with E-state index in [9.17, 15) is 29.4 Å². The first kappa shape index (κ1) is 26.0. The number of aliphatic hydroxyl groups is 2. The zero-order valence-electron chi connectivity index (χ0n) is 21.7. The zero-order valence-corrected chi connectivity index (χ0v) is 21.7. The maximum atomic E-state index is 13.1. The van der Waals surface area contributed by atoms with Crippen LogP contribution in [-0.4, -0.2) is 74.7 Å². The Bertz CT molecular complexity index is 1380. The monoisotopic (exact) mass is 537 g/mol. The van der Waals surface area contributed by atoms with Crippen LogP contribution in [0.3, 0.4) is 0 Å². The number of amides is 3. The normalized spacial score (nSPS) is 32.1. The van der Waals surface area contributed by atoms with Crippen LogP contribution < -0.4 is 22.3 Å². The number of hydrogen-bond acceptors (Lipinski definition) is 7. The number of carbonyl (C=O) groups is 3. The van der Waals surface area contributed by atoms with Gasteiger partial charge in [-0.3, -0.25) is 24.1 Å². The number of aromatic nitrogens is 1. The summed E-state index contributed by atoms with van der Waals surface area (Å²) >= 11 is 0. The Labute approximate surface area is 225 Å². The van der Waals surface area contributed by atoms with E-state index in [1.165, 1.54) is 24.5 Å². The van der Waals surface area contributed by atoms with Crippen LogP contribution in [0.5, 0.6) is 0 Å². The van der Waals surface area contributed by atoms with Crippen molar-refractivity contribution in [1.29, 1.82) is 0 Å². The van der Waals surface area contributed by atoms with Crippen LogP contribution in [0.15, 0.2) is 34.2 Å². The number of allylic oxidation sites excluding steroid dienone is 1. The maximum absolute atomic E-state index is 13.1. The number of hydrogen-bond donors (Lipinski definition) is 6. The number of rotatable bonds is 7. The van der Waals surface area contributed by atoms with Crippen molar-refractivity contribution in [3.8, 4) is 0 Å². The number of primary amides is 2. The van der Waals surface area contributed by atoms with E-state index >= 15 is 0 Å². The first-order chi connectivity index (χ1) is 18.5. The van der Waals surface area contributed by atoms with Crippen LogP contribution in [-0.2, 0) is 22.4 Å². The van der Waals surface area contributed by atoms with Gasteiger partial charge >= 0.3 is 0 Å². The molecule has 4 aliphatic carbocycles. The second kappa shape index (κ2) is 9.14. The fourth-order valence-corrected chi connectivity index (χ4v) is 7.51. The SMILES string of the molecule is NC(=O)C[C@H](NC(=O)c1cc2c([nH]c1=O)C[C@]13CCN(CC4CC4)[C@H](CC4=C1CC(O)C=C4)[C@]3(O)C2)C(N)=O. The molecule has 11 heteroatoms. The Kier molecular flexibility index (Phi) is 6.09. The summed E-state index contributed by atoms with van der Waals surface area (Å²) in [6.07, 6.45) is 7.62. The van der Waals surface area contributed by atoms with Crippen molar-refractivity contribution in [1.82, 2.24) is 15.2 Å². The molecular formula is C28H35N5O6. The maximum Gasteiger partial charge on any atom is 0.261 e. The molecule has 2 heterocycles. The lowest BCUT2D eigenvalue weighted by atomic mass is 9.48. The molecule has 1 saturated carbocycles. The van der Waals surface area contributed by atoms with Crippen molar-refractivity contribution in [2.75, 3.05) is 13.1 Å². The molecule has 5 aliphatic rings. The average Bonchev–Trinajstić information content (AvgIpc) is 3.68.